The molecule has 1 atom stereocenters. The molecule has 6 heteroatoms. The number of benzene rings is 2. The lowest BCUT2D eigenvalue weighted by atomic mass is 9.89. The van der Waals surface area contributed by atoms with E-state index in [-0.39, 0.29) is 0 Å². The Balaban J connectivity index is 1.77. The monoisotopic (exact) mass is 393 g/mol. The van der Waals surface area contributed by atoms with Crippen LogP contribution in [-0.2, 0) is 0 Å². The number of hydrogen-bond acceptors (Lipinski definition) is 6. The highest BCUT2D eigenvalue weighted by Gasteiger charge is 2.26. The molecule has 1 saturated heterocycles. The number of ether oxygens (including phenoxy) is 3. The van der Waals surface area contributed by atoms with Crippen LogP contribution < -0.4 is 19.1 Å². The molecule has 1 fully saturated rings. The molecular weight excluding hydrogens is 366 g/mol. The minimum absolute atomic E-state index is 0.475. The van der Waals surface area contributed by atoms with Gasteiger partial charge >= 0.3 is 0 Å². The Bertz CT molecular complexity index is 1020. The number of methoxy groups -OCH3 is 3. The number of rotatable bonds is 5. The third kappa shape index (κ3) is 3.55. The highest BCUT2D eigenvalue weighted by molar-refractivity contribution is 5.99. The van der Waals surface area contributed by atoms with Gasteiger partial charge in [-0.3, -0.25) is 0 Å². The summed E-state index contributed by atoms with van der Waals surface area (Å²) in [7, 11) is 4.87. The van der Waals surface area contributed by atoms with E-state index in [2.05, 4.69) is 46.3 Å². The van der Waals surface area contributed by atoms with Crippen LogP contribution in [0.4, 0.5) is 5.82 Å². The van der Waals surface area contributed by atoms with Crippen molar-refractivity contribution in [3.63, 3.8) is 0 Å². The molecule has 1 aliphatic heterocycles. The third-order valence-electron chi connectivity index (χ3n) is 5.68. The molecule has 2 aromatic carbocycles. The van der Waals surface area contributed by atoms with Gasteiger partial charge in [0.05, 0.1) is 32.9 Å². The predicted octanol–water partition coefficient (Wildman–Crippen LogP) is 4.35. The van der Waals surface area contributed by atoms with E-state index >= 15 is 0 Å². The molecule has 1 unspecified atom stereocenters. The summed E-state index contributed by atoms with van der Waals surface area (Å²) in [6.07, 6.45) is 4.02. The highest BCUT2D eigenvalue weighted by atomic mass is 16.5. The molecule has 0 saturated carbocycles. The maximum Gasteiger partial charge on any atom is 0.204 e. The Hall–Kier alpha value is -3.02. The smallest absolute Gasteiger partial charge is 0.204 e. The van der Waals surface area contributed by atoms with Gasteiger partial charge in [0.15, 0.2) is 17.3 Å². The molecule has 0 N–H and O–H groups in total. The molecule has 152 valence electrons. The van der Waals surface area contributed by atoms with Crippen molar-refractivity contribution in [3.05, 3.63) is 47.7 Å². The number of hydrogen-bond donors (Lipinski definition) is 0. The zero-order chi connectivity index (χ0) is 20.4. The summed E-state index contributed by atoms with van der Waals surface area (Å²) < 4.78 is 16.7. The molecule has 29 heavy (non-hydrogen) atoms. The topological polar surface area (TPSA) is 56.7 Å². The summed E-state index contributed by atoms with van der Waals surface area (Å²) in [5, 5.41) is 10.6. The van der Waals surface area contributed by atoms with Gasteiger partial charge in [-0.05, 0) is 31.4 Å². The lowest BCUT2D eigenvalue weighted by molar-refractivity contribution is 0.327. The lowest BCUT2D eigenvalue weighted by Gasteiger charge is -2.34. The van der Waals surface area contributed by atoms with Gasteiger partial charge in [-0.15, -0.1) is 5.10 Å². The van der Waals surface area contributed by atoms with Crippen molar-refractivity contribution in [2.45, 2.75) is 25.7 Å². The lowest BCUT2D eigenvalue weighted by Crippen LogP contribution is -2.35. The van der Waals surface area contributed by atoms with Crippen LogP contribution in [0.5, 0.6) is 17.2 Å². The molecule has 0 aliphatic carbocycles. The Morgan fingerprint density at radius 3 is 2.55 bits per heavy atom. The second-order valence-electron chi connectivity index (χ2n) is 7.47. The first-order chi connectivity index (χ1) is 14.2. The molecule has 0 spiro atoms. The maximum atomic E-state index is 5.65. The molecule has 1 aromatic heterocycles. The van der Waals surface area contributed by atoms with Gasteiger partial charge < -0.3 is 19.1 Å². The number of nitrogens with zero attached hydrogens (tertiary/aromatic N) is 3. The second kappa shape index (κ2) is 8.15. The fourth-order valence-corrected chi connectivity index (χ4v) is 4.29. The van der Waals surface area contributed by atoms with Crippen LogP contribution in [0.2, 0.25) is 0 Å². The first-order valence-corrected chi connectivity index (χ1v) is 9.92. The van der Waals surface area contributed by atoms with Crippen molar-refractivity contribution >= 4 is 16.6 Å². The Morgan fingerprint density at radius 2 is 1.83 bits per heavy atom. The first-order valence-electron chi connectivity index (χ1n) is 9.92. The van der Waals surface area contributed by atoms with Crippen LogP contribution in [-0.4, -0.2) is 44.6 Å². The predicted molar refractivity (Wildman–Crippen MR) is 115 cm³/mol. The van der Waals surface area contributed by atoms with E-state index in [0.717, 1.165) is 36.1 Å². The summed E-state index contributed by atoms with van der Waals surface area (Å²) >= 11 is 0. The van der Waals surface area contributed by atoms with Crippen molar-refractivity contribution in [3.8, 4) is 17.2 Å². The minimum atomic E-state index is 0.475. The second-order valence-corrected chi connectivity index (χ2v) is 7.47. The molecule has 0 amide bonds. The van der Waals surface area contributed by atoms with Gasteiger partial charge in [0.25, 0.3) is 0 Å². The van der Waals surface area contributed by atoms with Gasteiger partial charge in [0.1, 0.15) is 0 Å². The quantitative estimate of drug-likeness (QED) is 0.642. The molecular formula is C23H27N3O3. The number of anilines is 1. The maximum absolute atomic E-state index is 5.65. The van der Waals surface area contributed by atoms with Crippen LogP contribution in [0.15, 0.2) is 36.5 Å². The van der Waals surface area contributed by atoms with E-state index in [1.807, 2.05) is 6.07 Å². The van der Waals surface area contributed by atoms with E-state index in [4.69, 9.17) is 14.2 Å². The van der Waals surface area contributed by atoms with Crippen LogP contribution in [0.1, 0.15) is 29.9 Å². The number of aromatic nitrogens is 2. The van der Waals surface area contributed by atoms with E-state index in [1.165, 1.54) is 17.5 Å². The molecule has 0 bridgehead atoms. The molecule has 3 aromatic rings. The highest BCUT2D eigenvalue weighted by Crippen LogP contribution is 2.45. The van der Waals surface area contributed by atoms with E-state index < -0.39 is 0 Å². The standard InChI is InChI=1S/C23H27N3O3/c1-15-7-5-8-16(11-15)17-9-6-10-26(14-17)23-18-12-20(27-2)22(29-4)21(28-3)19(18)13-24-25-23/h5,7-8,11-13,17H,6,9-10,14H2,1-4H3. The van der Waals surface area contributed by atoms with Crippen LogP contribution in [0, 0.1) is 6.92 Å². The zero-order valence-electron chi connectivity index (χ0n) is 17.4. The minimum Gasteiger partial charge on any atom is -0.493 e. The van der Waals surface area contributed by atoms with Crippen LogP contribution >= 0.6 is 0 Å². The van der Waals surface area contributed by atoms with E-state index in [0.29, 0.717) is 23.2 Å². The molecule has 6 nitrogen and oxygen atoms in total. The van der Waals surface area contributed by atoms with Crippen LogP contribution in [0.3, 0.4) is 0 Å². The Kier molecular flexibility index (Phi) is 5.43. The number of aryl methyl sites for hydroxylation is 1. The number of fused-ring (bicyclic) bond motifs is 1. The van der Waals surface area contributed by atoms with E-state index in [9.17, 15) is 0 Å². The van der Waals surface area contributed by atoms with Gasteiger partial charge in [0, 0.05) is 24.4 Å². The summed E-state index contributed by atoms with van der Waals surface area (Å²) in [6.45, 7) is 4.01. The van der Waals surface area contributed by atoms with Gasteiger partial charge in [0.2, 0.25) is 5.75 Å². The summed E-state index contributed by atoms with van der Waals surface area (Å²) in [6, 6.07) is 10.8. The van der Waals surface area contributed by atoms with Crippen molar-refractivity contribution < 1.29 is 14.2 Å². The third-order valence-corrected chi connectivity index (χ3v) is 5.68. The van der Waals surface area contributed by atoms with Gasteiger partial charge in [-0.1, -0.05) is 29.8 Å². The molecule has 0 radical (unpaired) electrons. The summed E-state index contributed by atoms with van der Waals surface area (Å²) in [5.41, 5.74) is 2.69. The van der Waals surface area contributed by atoms with E-state index in [1.54, 1.807) is 27.5 Å². The largest absolute Gasteiger partial charge is 0.493 e. The molecule has 2 heterocycles. The molecule has 4 rings (SSSR count). The van der Waals surface area contributed by atoms with Crippen molar-refractivity contribution in [1.82, 2.24) is 10.2 Å². The van der Waals surface area contributed by atoms with Crippen LogP contribution in [0.25, 0.3) is 10.8 Å². The Labute approximate surface area is 171 Å². The fraction of sp³-hybridized carbons (Fsp3) is 0.391. The first kappa shape index (κ1) is 19.3. The average Bonchev–Trinajstić information content (AvgIpc) is 2.77. The summed E-state index contributed by atoms with van der Waals surface area (Å²) in [4.78, 5) is 2.33. The zero-order valence-corrected chi connectivity index (χ0v) is 17.4. The summed E-state index contributed by atoms with van der Waals surface area (Å²) in [5.74, 6) is 3.14. The molecule has 1 aliphatic rings. The van der Waals surface area contributed by atoms with Crippen molar-refractivity contribution in [2.75, 3.05) is 39.3 Å². The SMILES string of the molecule is COc1cc2c(N3CCCC(c4cccc(C)c4)C3)nncc2c(OC)c1OC. The number of piperidine rings is 1. The van der Waals surface area contributed by atoms with Crippen molar-refractivity contribution in [2.24, 2.45) is 0 Å². The van der Waals surface area contributed by atoms with Gasteiger partial charge in [-0.25, -0.2) is 0 Å². The van der Waals surface area contributed by atoms with Crippen molar-refractivity contribution in [1.29, 1.82) is 0 Å². The normalized spacial score (nSPS) is 16.7. The average molecular weight is 393 g/mol. The fourth-order valence-electron chi connectivity index (χ4n) is 4.29. The van der Waals surface area contributed by atoms with Gasteiger partial charge in [-0.2, -0.15) is 5.10 Å². The Morgan fingerprint density at radius 1 is 1.00 bits per heavy atom.